The van der Waals surface area contributed by atoms with Crippen molar-refractivity contribution in [2.24, 2.45) is 10.9 Å². The van der Waals surface area contributed by atoms with Gasteiger partial charge in [0.2, 0.25) is 5.91 Å². The summed E-state index contributed by atoms with van der Waals surface area (Å²) in [6.45, 7) is 3.81. The van der Waals surface area contributed by atoms with E-state index in [-0.39, 0.29) is 17.4 Å². The topological polar surface area (TPSA) is 41.5 Å². The van der Waals surface area contributed by atoms with E-state index >= 15 is 0 Å². The minimum atomic E-state index is -4.53. The molecule has 0 bridgehead atoms. The quantitative estimate of drug-likeness (QED) is 0.374. The fourth-order valence-corrected chi connectivity index (χ4v) is 6.45. The van der Waals surface area contributed by atoms with E-state index in [4.69, 9.17) is 12.2 Å². The van der Waals surface area contributed by atoms with Crippen molar-refractivity contribution in [3.63, 3.8) is 0 Å². The second-order valence-corrected chi connectivity index (χ2v) is 10.4. The number of hydrogen-bond acceptors (Lipinski definition) is 4. The molecule has 1 saturated heterocycles. The molecule has 1 amide bonds. The molecule has 1 N–H and O–H groups in total. The molecule has 1 aromatic carbocycles. The molecule has 1 aliphatic carbocycles. The molecule has 0 radical (unpaired) electrons. The molecule has 2 atom stereocenters. The van der Waals surface area contributed by atoms with Gasteiger partial charge in [0, 0.05) is 12.5 Å². The summed E-state index contributed by atoms with van der Waals surface area (Å²) in [5.41, 5.74) is -0.308. The number of alkyl halides is 3. The molecular formula is C24H29F3N2OS2. The van der Waals surface area contributed by atoms with Crippen LogP contribution in [0.2, 0.25) is 0 Å². The van der Waals surface area contributed by atoms with E-state index < -0.39 is 22.4 Å². The molecule has 2 unspecified atom stereocenters. The van der Waals surface area contributed by atoms with E-state index in [1.54, 1.807) is 13.1 Å². The van der Waals surface area contributed by atoms with E-state index in [0.29, 0.717) is 15.6 Å². The van der Waals surface area contributed by atoms with Gasteiger partial charge in [-0.1, -0.05) is 69.2 Å². The molecule has 2 fully saturated rings. The Kier molecular flexibility index (Phi) is 7.86. The highest BCUT2D eigenvalue weighted by molar-refractivity contribution is 8.24. The van der Waals surface area contributed by atoms with Crippen LogP contribution in [0.4, 0.5) is 13.2 Å². The van der Waals surface area contributed by atoms with Gasteiger partial charge in [0.25, 0.3) is 0 Å². The zero-order valence-electron chi connectivity index (χ0n) is 18.6. The minimum Gasteiger partial charge on any atom is -0.311 e. The van der Waals surface area contributed by atoms with Crippen molar-refractivity contribution in [1.82, 2.24) is 5.32 Å². The summed E-state index contributed by atoms with van der Waals surface area (Å²) in [5.74, 6) is -0.355. The Morgan fingerprint density at radius 3 is 2.47 bits per heavy atom. The number of carbonyl (C=O) groups is 1. The number of aliphatic imine (C=N–C) groups is 1. The van der Waals surface area contributed by atoms with E-state index in [1.165, 1.54) is 17.8 Å². The maximum absolute atomic E-state index is 14.2. The Morgan fingerprint density at radius 2 is 1.94 bits per heavy atom. The van der Waals surface area contributed by atoms with Crippen LogP contribution in [0.1, 0.15) is 69.1 Å². The molecule has 3 nitrogen and oxygen atoms in total. The molecule has 1 saturated carbocycles. The maximum atomic E-state index is 14.2. The SMILES string of the molecule is CC/C=C\C(=NC)c1ccc(C(F)(F)F)c(C(C)(C2CCCCC2)C2SC(=S)NC2=O)c1. The van der Waals surface area contributed by atoms with Crippen LogP contribution in [-0.2, 0) is 16.4 Å². The van der Waals surface area contributed by atoms with Crippen molar-refractivity contribution >= 4 is 39.9 Å². The highest BCUT2D eigenvalue weighted by Gasteiger charge is 2.53. The number of thiocarbonyl (C=S) groups is 1. The van der Waals surface area contributed by atoms with Crippen molar-refractivity contribution in [3.8, 4) is 0 Å². The summed E-state index contributed by atoms with van der Waals surface area (Å²) >= 11 is 6.40. The molecule has 3 rings (SSSR count). The molecule has 1 aliphatic heterocycles. The van der Waals surface area contributed by atoms with Gasteiger partial charge in [-0.05, 0) is 54.5 Å². The monoisotopic (exact) mass is 482 g/mol. The van der Waals surface area contributed by atoms with Crippen molar-refractivity contribution in [2.45, 2.75) is 69.2 Å². The van der Waals surface area contributed by atoms with Gasteiger partial charge in [-0.15, -0.1) is 0 Å². The first-order chi connectivity index (χ1) is 15.1. The maximum Gasteiger partial charge on any atom is 0.416 e. The van der Waals surface area contributed by atoms with Crippen LogP contribution in [-0.4, -0.2) is 28.2 Å². The highest BCUT2D eigenvalue weighted by atomic mass is 32.2. The van der Waals surface area contributed by atoms with Gasteiger partial charge in [-0.2, -0.15) is 13.2 Å². The average Bonchev–Trinajstić information content (AvgIpc) is 3.12. The third kappa shape index (κ3) is 4.96. The van der Waals surface area contributed by atoms with Crippen molar-refractivity contribution in [2.75, 3.05) is 7.05 Å². The fraction of sp³-hybridized carbons (Fsp3) is 0.542. The Hall–Kier alpha value is -1.67. The number of amides is 1. The first kappa shape index (κ1) is 25.0. The van der Waals surface area contributed by atoms with Crippen molar-refractivity contribution in [3.05, 3.63) is 47.0 Å². The summed E-state index contributed by atoms with van der Waals surface area (Å²) in [6.07, 6.45) is 4.57. The number of halogens is 3. The van der Waals surface area contributed by atoms with Gasteiger partial charge < -0.3 is 5.32 Å². The lowest BCUT2D eigenvalue weighted by Gasteiger charge is -2.44. The largest absolute Gasteiger partial charge is 0.416 e. The van der Waals surface area contributed by atoms with Gasteiger partial charge in [0.15, 0.2) is 0 Å². The second kappa shape index (κ2) is 10.1. The number of nitrogens with one attached hydrogen (secondary N) is 1. The standard InChI is InChI=1S/C24H29F3N2OS2/c1-4-5-11-19(28-3)15-12-13-17(24(25,26)27)18(14-15)23(2,16-9-7-6-8-10-16)20-21(30)29-22(31)32-20/h5,11-14,16,20H,4,6-10H2,1-3H3,(H,29,30,31)/b11-5-,28-19?. The minimum absolute atomic E-state index is 0.0510. The first-order valence-corrected chi connectivity index (χ1v) is 12.3. The van der Waals surface area contributed by atoms with E-state index in [1.807, 2.05) is 26.0 Å². The summed E-state index contributed by atoms with van der Waals surface area (Å²) in [4.78, 5) is 17.2. The van der Waals surface area contributed by atoms with Crippen LogP contribution in [0.15, 0.2) is 35.3 Å². The van der Waals surface area contributed by atoms with Crippen LogP contribution in [0.3, 0.4) is 0 Å². The summed E-state index contributed by atoms with van der Waals surface area (Å²) in [6, 6.07) is 4.23. The predicted molar refractivity (Wildman–Crippen MR) is 129 cm³/mol. The number of nitrogens with zero attached hydrogens (tertiary/aromatic N) is 1. The lowest BCUT2D eigenvalue weighted by Crippen LogP contribution is -2.48. The number of benzene rings is 1. The van der Waals surface area contributed by atoms with Gasteiger partial charge in [0.1, 0.15) is 9.57 Å². The summed E-state index contributed by atoms with van der Waals surface area (Å²) in [5, 5.41) is 1.95. The molecule has 8 heteroatoms. The zero-order valence-corrected chi connectivity index (χ0v) is 20.2. The highest BCUT2D eigenvalue weighted by Crippen LogP contribution is 2.51. The Balaban J connectivity index is 2.25. The summed E-state index contributed by atoms with van der Waals surface area (Å²) < 4.78 is 43.1. The second-order valence-electron chi connectivity index (χ2n) is 8.57. The fourth-order valence-electron chi connectivity index (χ4n) is 4.95. The van der Waals surface area contributed by atoms with Crippen molar-refractivity contribution in [1.29, 1.82) is 0 Å². The number of thioether (sulfide) groups is 1. The van der Waals surface area contributed by atoms with Crippen molar-refractivity contribution < 1.29 is 18.0 Å². The Labute approximate surface area is 197 Å². The lowest BCUT2D eigenvalue weighted by molar-refractivity contribution is -0.139. The van der Waals surface area contributed by atoms with Crippen LogP contribution in [0.5, 0.6) is 0 Å². The Bertz CT molecular complexity index is 936. The van der Waals surface area contributed by atoms with E-state index in [9.17, 15) is 18.0 Å². The third-order valence-electron chi connectivity index (χ3n) is 6.64. The first-order valence-electron chi connectivity index (χ1n) is 11.0. The Morgan fingerprint density at radius 1 is 1.25 bits per heavy atom. The predicted octanol–water partition coefficient (Wildman–Crippen LogP) is 6.45. The average molecular weight is 483 g/mol. The number of carbonyl (C=O) groups excluding carboxylic acids is 1. The molecule has 0 aromatic heterocycles. The van der Waals surface area contributed by atoms with Crippen LogP contribution in [0, 0.1) is 5.92 Å². The van der Waals surface area contributed by atoms with Gasteiger partial charge in [-0.25, -0.2) is 0 Å². The van der Waals surface area contributed by atoms with Gasteiger partial charge in [0.05, 0.1) is 11.3 Å². The smallest absolute Gasteiger partial charge is 0.311 e. The normalized spacial score (nSPS) is 22.9. The van der Waals surface area contributed by atoms with Crippen LogP contribution >= 0.6 is 24.0 Å². The van der Waals surface area contributed by atoms with Gasteiger partial charge in [-0.3, -0.25) is 9.79 Å². The molecule has 1 heterocycles. The lowest BCUT2D eigenvalue weighted by atomic mass is 9.62. The van der Waals surface area contributed by atoms with Gasteiger partial charge >= 0.3 is 6.18 Å². The summed E-state index contributed by atoms with van der Waals surface area (Å²) in [7, 11) is 1.63. The molecular weight excluding hydrogens is 453 g/mol. The molecule has 2 aliphatic rings. The van der Waals surface area contributed by atoms with E-state index in [0.717, 1.165) is 44.6 Å². The molecule has 32 heavy (non-hydrogen) atoms. The van der Waals surface area contributed by atoms with Crippen LogP contribution < -0.4 is 5.32 Å². The molecule has 1 aromatic rings. The number of rotatable bonds is 6. The van der Waals surface area contributed by atoms with E-state index in [2.05, 4.69) is 10.3 Å². The number of hydrogen-bond donors (Lipinski definition) is 1. The number of allylic oxidation sites excluding steroid dienone is 2. The van der Waals surface area contributed by atoms with Crippen LogP contribution in [0.25, 0.3) is 0 Å². The third-order valence-corrected chi connectivity index (χ3v) is 8.29. The molecule has 174 valence electrons. The zero-order chi connectivity index (χ0) is 23.5. The molecule has 0 spiro atoms.